The van der Waals surface area contributed by atoms with Crippen molar-refractivity contribution in [2.24, 2.45) is 0 Å². The standard InChI is InChI=1S/C21H22N2O3/c1-15-10-11-19(25-2)18(13-15)23-21(24)20(16-7-4-3-5-8-16)22-14-17-9-6-12-26-17/h3-13,20,22H,14H2,1-2H3,(H,23,24)/t20-/m1/s1. The van der Waals surface area contributed by atoms with Gasteiger partial charge in [-0.2, -0.15) is 0 Å². The van der Waals surface area contributed by atoms with E-state index in [9.17, 15) is 4.79 Å². The van der Waals surface area contributed by atoms with E-state index >= 15 is 0 Å². The highest BCUT2D eigenvalue weighted by molar-refractivity contribution is 5.96. The molecular weight excluding hydrogens is 328 g/mol. The topological polar surface area (TPSA) is 63.5 Å². The van der Waals surface area contributed by atoms with Crippen LogP contribution in [0.25, 0.3) is 0 Å². The Kier molecular flexibility index (Phi) is 5.71. The fourth-order valence-corrected chi connectivity index (χ4v) is 2.75. The minimum atomic E-state index is -0.522. The summed E-state index contributed by atoms with van der Waals surface area (Å²) in [5.74, 6) is 1.24. The fraction of sp³-hybridized carbons (Fsp3) is 0.190. The van der Waals surface area contributed by atoms with Crippen LogP contribution in [0.1, 0.15) is 22.9 Å². The van der Waals surface area contributed by atoms with E-state index in [2.05, 4.69) is 10.6 Å². The lowest BCUT2D eigenvalue weighted by Crippen LogP contribution is -2.32. The van der Waals surface area contributed by atoms with Crippen LogP contribution in [-0.4, -0.2) is 13.0 Å². The minimum absolute atomic E-state index is 0.161. The molecule has 0 aliphatic heterocycles. The Morgan fingerprint density at radius 1 is 1.12 bits per heavy atom. The van der Waals surface area contributed by atoms with Gasteiger partial charge in [0.2, 0.25) is 5.91 Å². The summed E-state index contributed by atoms with van der Waals surface area (Å²) >= 11 is 0. The van der Waals surface area contributed by atoms with Crippen molar-refractivity contribution < 1.29 is 13.9 Å². The molecule has 1 amide bonds. The van der Waals surface area contributed by atoms with Crippen LogP contribution in [0.15, 0.2) is 71.3 Å². The first-order valence-corrected chi connectivity index (χ1v) is 8.43. The number of methoxy groups -OCH3 is 1. The second-order valence-corrected chi connectivity index (χ2v) is 6.00. The van der Waals surface area contributed by atoms with Crippen LogP contribution in [0.3, 0.4) is 0 Å². The van der Waals surface area contributed by atoms with E-state index in [0.717, 1.165) is 16.9 Å². The van der Waals surface area contributed by atoms with Crippen LogP contribution in [0.5, 0.6) is 5.75 Å². The van der Waals surface area contributed by atoms with Crippen molar-refractivity contribution in [1.82, 2.24) is 5.32 Å². The van der Waals surface area contributed by atoms with Gasteiger partial charge < -0.3 is 14.5 Å². The van der Waals surface area contributed by atoms with Gasteiger partial charge in [0, 0.05) is 0 Å². The van der Waals surface area contributed by atoms with Crippen molar-refractivity contribution in [3.63, 3.8) is 0 Å². The molecule has 0 saturated carbocycles. The van der Waals surface area contributed by atoms with Crippen LogP contribution in [-0.2, 0) is 11.3 Å². The lowest BCUT2D eigenvalue weighted by molar-refractivity contribution is -0.118. The lowest BCUT2D eigenvalue weighted by atomic mass is 10.1. The molecule has 1 atom stereocenters. The quantitative estimate of drug-likeness (QED) is 0.674. The summed E-state index contributed by atoms with van der Waals surface area (Å²) in [4.78, 5) is 13.0. The van der Waals surface area contributed by atoms with Gasteiger partial charge in [-0.05, 0) is 42.3 Å². The van der Waals surface area contributed by atoms with Crippen LogP contribution in [0.2, 0.25) is 0 Å². The molecule has 0 spiro atoms. The second kappa shape index (κ2) is 8.36. The molecule has 134 valence electrons. The van der Waals surface area contributed by atoms with E-state index < -0.39 is 6.04 Å². The summed E-state index contributed by atoms with van der Waals surface area (Å²) in [6.07, 6.45) is 1.62. The Morgan fingerprint density at radius 3 is 2.62 bits per heavy atom. The molecule has 0 bridgehead atoms. The average molecular weight is 350 g/mol. The van der Waals surface area contributed by atoms with E-state index in [1.165, 1.54) is 0 Å². The summed E-state index contributed by atoms with van der Waals surface area (Å²) in [7, 11) is 1.59. The Balaban J connectivity index is 1.81. The summed E-state index contributed by atoms with van der Waals surface area (Å²) < 4.78 is 10.7. The van der Waals surface area contributed by atoms with E-state index in [1.54, 1.807) is 13.4 Å². The normalized spacial score (nSPS) is 11.8. The molecular formula is C21H22N2O3. The van der Waals surface area contributed by atoms with Crippen molar-refractivity contribution in [1.29, 1.82) is 0 Å². The number of benzene rings is 2. The monoisotopic (exact) mass is 350 g/mol. The zero-order valence-corrected chi connectivity index (χ0v) is 14.9. The van der Waals surface area contributed by atoms with Crippen molar-refractivity contribution in [3.05, 3.63) is 83.8 Å². The van der Waals surface area contributed by atoms with Gasteiger partial charge in [-0.15, -0.1) is 0 Å². The van der Waals surface area contributed by atoms with Crippen LogP contribution in [0, 0.1) is 6.92 Å². The smallest absolute Gasteiger partial charge is 0.246 e. The number of hydrogen-bond acceptors (Lipinski definition) is 4. The molecule has 5 heteroatoms. The Morgan fingerprint density at radius 2 is 1.92 bits per heavy atom. The van der Waals surface area contributed by atoms with Gasteiger partial charge in [0.05, 0.1) is 25.6 Å². The highest BCUT2D eigenvalue weighted by Gasteiger charge is 2.21. The van der Waals surface area contributed by atoms with Crippen LogP contribution < -0.4 is 15.4 Å². The molecule has 5 nitrogen and oxygen atoms in total. The van der Waals surface area contributed by atoms with Crippen molar-refractivity contribution in [2.45, 2.75) is 19.5 Å². The number of carbonyl (C=O) groups excluding carboxylic acids is 1. The number of amides is 1. The van der Waals surface area contributed by atoms with Crippen LogP contribution in [0.4, 0.5) is 5.69 Å². The predicted molar refractivity (Wildman–Crippen MR) is 101 cm³/mol. The molecule has 0 aliphatic rings. The number of rotatable bonds is 7. The zero-order valence-electron chi connectivity index (χ0n) is 14.9. The van der Waals surface area contributed by atoms with Gasteiger partial charge in [-0.3, -0.25) is 10.1 Å². The van der Waals surface area contributed by atoms with Gasteiger partial charge in [-0.25, -0.2) is 0 Å². The zero-order chi connectivity index (χ0) is 18.4. The molecule has 0 saturated heterocycles. The molecule has 3 aromatic rings. The maximum absolute atomic E-state index is 13.0. The molecule has 0 fully saturated rings. The number of ether oxygens (including phenoxy) is 1. The third kappa shape index (κ3) is 4.32. The highest BCUT2D eigenvalue weighted by Crippen LogP contribution is 2.26. The van der Waals surface area contributed by atoms with E-state index in [1.807, 2.05) is 67.6 Å². The molecule has 0 radical (unpaired) electrons. The van der Waals surface area contributed by atoms with Crippen LogP contribution >= 0.6 is 0 Å². The molecule has 2 N–H and O–H groups in total. The predicted octanol–water partition coefficient (Wildman–Crippen LogP) is 4.07. The highest BCUT2D eigenvalue weighted by atomic mass is 16.5. The van der Waals surface area contributed by atoms with Gasteiger partial charge in [-0.1, -0.05) is 36.4 Å². The largest absolute Gasteiger partial charge is 0.495 e. The summed E-state index contributed by atoms with van der Waals surface area (Å²) in [6.45, 7) is 2.42. The third-order valence-electron chi connectivity index (χ3n) is 4.07. The molecule has 26 heavy (non-hydrogen) atoms. The molecule has 2 aromatic carbocycles. The average Bonchev–Trinajstić information content (AvgIpc) is 3.16. The summed E-state index contributed by atoms with van der Waals surface area (Å²) in [5, 5.41) is 6.24. The first kappa shape index (κ1) is 17.8. The first-order chi connectivity index (χ1) is 12.7. The number of aryl methyl sites for hydroxylation is 1. The SMILES string of the molecule is COc1ccc(C)cc1NC(=O)[C@H](NCc1ccco1)c1ccccc1. The lowest BCUT2D eigenvalue weighted by Gasteiger charge is -2.19. The van der Waals surface area contributed by atoms with Crippen molar-refractivity contribution in [2.75, 3.05) is 12.4 Å². The van der Waals surface area contributed by atoms with Gasteiger partial charge in [0.25, 0.3) is 0 Å². The summed E-state index contributed by atoms with van der Waals surface area (Å²) in [6, 6.07) is 18.5. The molecule has 1 heterocycles. The van der Waals surface area contributed by atoms with Crippen molar-refractivity contribution >= 4 is 11.6 Å². The Labute approximate surface area is 153 Å². The first-order valence-electron chi connectivity index (χ1n) is 8.43. The maximum Gasteiger partial charge on any atom is 0.246 e. The van der Waals surface area contributed by atoms with E-state index in [-0.39, 0.29) is 5.91 Å². The molecule has 1 aromatic heterocycles. The van der Waals surface area contributed by atoms with E-state index in [0.29, 0.717) is 18.0 Å². The van der Waals surface area contributed by atoms with Crippen molar-refractivity contribution in [3.8, 4) is 5.75 Å². The third-order valence-corrected chi connectivity index (χ3v) is 4.07. The number of hydrogen-bond donors (Lipinski definition) is 2. The maximum atomic E-state index is 13.0. The molecule has 0 aliphatic carbocycles. The molecule has 3 rings (SSSR count). The molecule has 0 unspecified atom stereocenters. The number of carbonyl (C=O) groups is 1. The number of furan rings is 1. The summed E-state index contributed by atoms with van der Waals surface area (Å²) in [5.41, 5.74) is 2.57. The van der Waals surface area contributed by atoms with Gasteiger partial charge in [0.1, 0.15) is 17.6 Å². The van der Waals surface area contributed by atoms with Gasteiger partial charge >= 0.3 is 0 Å². The number of nitrogens with one attached hydrogen (secondary N) is 2. The van der Waals surface area contributed by atoms with Gasteiger partial charge in [0.15, 0.2) is 0 Å². The number of anilines is 1. The second-order valence-electron chi connectivity index (χ2n) is 6.00. The minimum Gasteiger partial charge on any atom is -0.495 e. The Bertz CT molecular complexity index is 845. The van der Waals surface area contributed by atoms with E-state index in [4.69, 9.17) is 9.15 Å². The fourth-order valence-electron chi connectivity index (χ4n) is 2.75. The Hall–Kier alpha value is -3.05.